The topological polar surface area (TPSA) is 52.6 Å². The molecule has 0 saturated carbocycles. The van der Waals surface area contributed by atoms with Gasteiger partial charge < -0.3 is 15.2 Å². The minimum absolute atomic E-state index is 0.0174. The first-order valence-corrected chi connectivity index (χ1v) is 4.05. The van der Waals surface area contributed by atoms with E-state index >= 15 is 0 Å². The fourth-order valence-corrected chi connectivity index (χ4v) is 1.55. The smallest absolute Gasteiger partial charge is 0.304 e. The van der Waals surface area contributed by atoms with Crippen molar-refractivity contribution in [3.63, 3.8) is 0 Å². The Labute approximate surface area is 73.4 Å². The Morgan fingerprint density at radius 2 is 2.42 bits per heavy atom. The Bertz CT molecular complexity index is 167. The van der Waals surface area contributed by atoms with Crippen molar-refractivity contribution in [2.24, 2.45) is 0 Å². The third-order valence-electron chi connectivity index (χ3n) is 1.90. The highest BCUT2D eigenvalue weighted by Gasteiger charge is 2.22. The molecule has 0 bridgehead atoms. The summed E-state index contributed by atoms with van der Waals surface area (Å²) in [6.07, 6.45) is 0.137. The van der Waals surface area contributed by atoms with E-state index in [0.29, 0.717) is 6.54 Å². The van der Waals surface area contributed by atoms with Crippen LogP contribution in [0.3, 0.4) is 0 Å². The standard InChI is InChI=1S/C7H13BN2O2/c1-5-3-10(8)4-6(9-5)2-7(11)12/h5-6,9H,2-4H2,1H3,(H,11,12). The molecule has 0 aliphatic carbocycles. The quantitative estimate of drug-likeness (QED) is 0.530. The lowest BCUT2D eigenvalue weighted by Crippen LogP contribution is -2.55. The van der Waals surface area contributed by atoms with E-state index in [2.05, 4.69) is 5.32 Å². The maximum atomic E-state index is 10.4. The molecule has 0 aromatic carbocycles. The highest BCUT2D eigenvalue weighted by molar-refractivity contribution is 6.04. The Balaban J connectivity index is 2.38. The van der Waals surface area contributed by atoms with Crippen molar-refractivity contribution in [2.45, 2.75) is 25.4 Å². The SMILES string of the molecule is [B]N1CC(C)NC(CC(=O)O)C1. The van der Waals surface area contributed by atoms with Crippen LogP contribution in [0.2, 0.25) is 0 Å². The summed E-state index contributed by atoms with van der Waals surface area (Å²) in [6.45, 7) is 3.38. The first-order valence-electron chi connectivity index (χ1n) is 4.05. The zero-order valence-electron chi connectivity index (χ0n) is 7.16. The van der Waals surface area contributed by atoms with E-state index in [0.717, 1.165) is 6.54 Å². The Kier molecular flexibility index (Phi) is 3.11. The van der Waals surface area contributed by atoms with Crippen LogP contribution in [0.15, 0.2) is 0 Å². The zero-order chi connectivity index (χ0) is 9.14. The summed E-state index contributed by atoms with van der Waals surface area (Å²) in [4.78, 5) is 12.0. The molecule has 1 saturated heterocycles. The van der Waals surface area contributed by atoms with Gasteiger partial charge in [-0.3, -0.25) is 4.79 Å². The molecule has 66 valence electrons. The molecule has 0 amide bonds. The Morgan fingerprint density at radius 3 is 2.92 bits per heavy atom. The fraction of sp³-hybridized carbons (Fsp3) is 0.857. The van der Waals surface area contributed by atoms with Gasteiger partial charge >= 0.3 is 5.97 Å². The van der Waals surface area contributed by atoms with Crippen LogP contribution in [0, 0.1) is 0 Å². The van der Waals surface area contributed by atoms with Crippen molar-refractivity contribution in [2.75, 3.05) is 13.1 Å². The molecule has 1 aliphatic rings. The Morgan fingerprint density at radius 1 is 1.75 bits per heavy atom. The summed E-state index contributed by atoms with van der Waals surface area (Å²) in [6, 6.07) is 0.254. The van der Waals surface area contributed by atoms with Gasteiger partial charge in [0.05, 0.1) is 6.42 Å². The number of carboxylic acid groups (broad SMARTS) is 1. The summed E-state index contributed by atoms with van der Waals surface area (Å²) >= 11 is 0. The lowest BCUT2D eigenvalue weighted by molar-refractivity contribution is -0.137. The molecule has 0 aromatic rings. The lowest BCUT2D eigenvalue weighted by atomic mass is 10.0. The molecule has 1 heterocycles. The zero-order valence-corrected chi connectivity index (χ0v) is 7.16. The Hall–Kier alpha value is -0.545. The lowest BCUT2D eigenvalue weighted by Gasteiger charge is -2.35. The number of rotatable bonds is 2. The summed E-state index contributed by atoms with van der Waals surface area (Å²) in [5.41, 5.74) is 0. The molecule has 12 heavy (non-hydrogen) atoms. The average Bonchev–Trinajstić information content (AvgIpc) is 1.81. The van der Waals surface area contributed by atoms with Gasteiger partial charge in [-0.05, 0) is 6.92 Å². The van der Waals surface area contributed by atoms with E-state index in [4.69, 9.17) is 13.1 Å². The van der Waals surface area contributed by atoms with Gasteiger partial charge in [0.15, 0.2) is 7.98 Å². The van der Waals surface area contributed by atoms with Gasteiger partial charge in [0.25, 0.3) is 0 Å². The molecule has 1 rings (SSSR count). The molecule has 2 N–H and O–H groups in total. The highest BCUT2D eigenvalue weighted by Crippen LogP contribution is 2.04. The van der Waals surface area contributed by atoms with Gasteiger partial charge in [0.2, 0.25) is 0 Å². The molecule has 2 atom stereocenters. The van der Waals surface area contributed by atoms with Crippen molar-refractivity contribution in [3.05, 3.63) is 0 Å². The molecule has 2 radical (unpaired) electrons. The van der Waals surface area contributed by atoms with Crippen molar-refractivity contribution in [1.29, 1.82) is 0 Å². The van der Waals surface area contributed by atoms with Crippen molar-refractivity contribution in [3.8, 4) is 0 Å². The van der Waals surface area contributed by atoms with E-state index in [9.17, 15) is 4.79 Å². The van der Waals surface area contributed by atoms with E-state index in [1.54, 1.807) is 4.81 Å². The van der Waals surface area contributed by atoms with Gasteiger partial charge in [0.1, 0.15) is 0 Å². The van der Waals surface area contributed by atoms with Gasteiger partial charge in [0, 0.05) is 25.2 Å². The van der Waals surface area contributed by atoms with Crippen molar-refractivity contribution < 1.29 is 9.90 Å². The van der Waals surface area contributed by atoms with Crippen molar-refractivity contribution >= 4 is 14.0 Å². The number of nitrogens with zero attached hydrogens (tertiary/aromatic N) is 1. The van der Waals surface area contributed by atoms with Gasteiger partial charge in [-0.2, -0.15) is 0 Å². The maximum Gasteiger partial charge on any atom is 0.304 e. The van der Waals surface area contributed by atoms with E-state index in [-0.39, 0.29) is 18.5 Å². The fourth-order valence-electron chi connectivity index (χ4n) is 1.55. The number of carbonyl (C=O) groups is 1. The first-order chi connectivity index (χ1) is 5.58. The van der Waals surface area contributed by atoms with Gasteiger partial charge in [-0.1, -0.05) is 0 Å². The number of carboxylic acids is 1. The first kappa shape index (κ1) is 9.54. The summed E-state index contributed by atoms with van der Waals surface area (Å²) in [7, 11) is 5.59. The monoisotopic (exact) mass is 168 g/mol. The molecular formula is C7H13BN2O2. The van der Waals surface area contributed by atoms with Crippen LogP contribution < -0.4 is 5.32 Å². The van der Waals surface area contributed by atoms with Crippen LogP contribution >= 0.6 is 0 Å². The predicted octanol–water partition coefficient (Wildman–Crippen LogP) is -0.793. The van der Waals surface area contributed by atoms with Crippen LogP contribution in [-0.4, -0.2) is 49.0 Å². The normalized spacial score (nSPS) is 31.8. The molecule has 0 aromatic heterocycles. The number of nitrogens with one attached hydrogen (secondary N) is 1. The summed E-state index contributed by atoms with van der Waals surface area (Å²) in [5, 5.41) is 11.7. The maximum absolute atomic E-state index is 10.4. The minimum Gasteiger partial charge on any atom is -0.481 e. The molecule has 5 heteroatoms. The van der Waals surface area contributed by atoms with Crippen LogP contribution in [0.25, 0.3) is 0 Å². The second kappa shape index (κ2) is 3.91. The van der Waals surface area contributed by atoms with Crippen LogP contribution in [-0.2, 0) is 4.79 Å². The largest absolute Gasteiger partial charge is 0.481 e. The number of hydrogen-bond donors (Lipinski definition) is 2. The molecule has 2 unspecified atom stereocenters. The second-order valence-corrected chi connectivity index (χ2v) is 3.32. The third kappa shape index (κ3) is 2.83. The molecule has 1 aliphatic heterocycles. The third-order valence-corrected chi connectivity index (χ3v) is 1.90. The molecular weight excluding hydrogens is 155 g/mol. The number of aliphatic carboxylic acids is 1. The molecule has 1 fully saturated rings. The number of piperazine rings is 1. The average molecular weight is 168 g/mol. The molecule has 4 nitrogen and oxygen atoms in total. The van der Waals surface area contributed by atoms with E-state index < -0.39 is 5.97 Å². The summed E-state index contributed by atoms with van der Waals surface area (Å²) in [5.74, 6) is -0.782. The van der Waals surface area contributed by atoms with Crippen LogP contribution in [0.4, 0.5) is 0 Å². The van der Waals surface area contributed by atoms with E-state index in [1.165, 1.54) is 0 Å². The van der Waals surface area contributed by atoms with Crippen molar-refractivity contribution in [1.82, 2.24) is 10.1 Å². The van der Waals surface area contributed by atoms with E-state index in [1.807, 2.05) is 6.92 Å². The van der Waals surface area contributed by atoms with Gasteiger partial charge in [-0.15, -0.1) is 0 Å². The predicted molar refractivity (Wildman–Crippen MR) is 46.0 cm³/mol. The number of hydrogen-bond acceptors (Lipinski definition) is 3. The highest BCUT2D eigenvalue weighted by atomic mass is 16.4. The second-order valence-electron chi connectivity index (χ2n) is 3.32. The summed E-state index contributed by atoms with van der Waals surface area (Å²) < 4.78 is 0. The van der Waals surface area contributed by atoms with Crippen LogP contribution in [0.1, 0.15) is 13.3 Å². The van der Waals surface area contributed by atoms with Gasteiger partial charge in [-0.25, -0.2) is 0 Å². The van der Waals surface area contributed by atoms with Crippen LogP contribution in [0.5, 0.6) is 0 Å². The minimum atomic E-state index is -0.782. The molecule has 0 spiro atoms.